The summed E-state index contributed by atoms with van der Waals surface area (Å²) in [7, 11) is 1.59. The van der Waals surface area contributed by atoms with Gasteiger partial charge in [0.1, 0.15) is 12.3 Å². The number of anilines is 2. The summed E-state index contributed by atoms with van der Waals surface area (Å²) in [6, 6.07) is 16.3. The van der Waals surface area contributed by atoms with E-state index >= 15 is 0 Å². The summed E-state index contributed by atoms with van der Waals surface area (Å²) < 4.78 is 6.28. The molecule has 1 aromatic heterocycles. The number of aromatic nitrogens is 3. The fraction of sp³-hybridized carbons (Fsp3) is 0.158. The number of amides is 2. The van der Waals surface area contributed by atoms with Crippen molar-refractivity contribution >= 4 is 23.3 Å². The molecule has 2 amide bonds. The molecule has 0 saturated carbocycles. The van der Waals surface area contributed by atoms with E-state index < -0.39 is 5.91 Å². The van der Waals surface area contributed by atoms with Crippen LogP contribution in [0.4, 0.5) is 11.5 Å². The Morgan fingerprint density at radius 3 is 2.50 bits per heavy atom. The third kappa shape index (κ3) is 4.64. The number of nitrogens with zero attached hydrogens (tertiary/aromatic N) is 3. The quantitative estimate of drug-likeness (QED) is 0.570. The fourth-order valence-corrected chi connectivity index (χ4v) is 2.47. The lowest BCUT2D eigenvalue weighted by Gasteiger charge is -2.07. The predicted molar refractivity (Wildman–Crippen MR) is 104 cm³/mol. The topological polar surface area (TPSA) is 124 Å². The van der Waals surface area contributed by atoms with Gasteiger partial charge in [-0.05, 0) is 29.8 Å². The first kappa shape index (κ1) is 18.9. The average molecular weight is 380 g/mol. The summed E-state index contributed by atoms with van der Waals surface area (Å²) in [5.41, 5.74) is 7.45. The number of hydrogen-bond donors (Lipinski definition) is 3. The number of carbonyl (C=O) groups excluding carboxylic acids is 2. The van der Waals surface area contributed by atoms with Crippen molar-refractivity contribution in [1.29, 1.82) is 0 Å². The van der Waals surface area contributed by atoms with Gasteiger partial charge in [0.05, 0.1) is 7.11 Å². The lowest BCUT2D eigenvalue weighted by molar-refractivity contribution is -0.116. The molecule has 9 heteroatoms. The molecule has 28 heavy (non-hydrogen) atoms. The average Bonchev–Trinajstić information content (AvgIpc) is 3.07. The Balaban J connectivity index is 1.58. The van der Waals surface area contributed by atoms with E-state index in [-0.39, 0.29) is 24.0 Å². The number of nitrogens with two attached hydrogens (primary N) is 1. The molecule has 9 nitrogen and oxygen atoms in total. The predicted octanol–water partition coefficient (Wildman–Crippen LogP) is 1.44. The van der Waals surface area contributed by atoms with E-state index in [1.54, 1.807) is 31.4 Å². The van der Waals surface area contributed by atoms with E-state index in [0.29, 0.717) is 12.2 Å². The smallest absolute Gasteiger partial charge is 0.275 e. The first-order valence-electron chi connectivity index (χ1n) is 8.52. The van der Waals surface area contributed by atoms with Crippen LogP contribution in [-0.4, -0.2) is 33.9 Å². The molecule has 4 N–H and O–H groups in total. The number of hydrogen-bond acceptors (Lipinski definition) is 6. The molecular weight excluding hydrogens is 360 g/mol. The van der Waals surface area contributed by atoms with Gasteiger partial charge in [0.15, 0.2) is 11.5 Å². The molecule has 144 valence electrons. The Kier molecular flexibility index (Phi) is 5.85. The zero-order valence-electron chi connectivity index (χ0n) is 15.3. The lowest BCUT2D eigenvalue weighted by Crippen LogP contribution is -2.25. The third-order valence-electron chi connectivity index (χ3n) is 3.95. The molecule has 3 rings (SSSR count). The van der Waals surface area contributed by atoms with E-state index in [1.165, 1.54) is 4.68 Å². The maximum Gasteiger partial charge on any atom is 0.275 e. The molecule has 3 aromatic rings. The van der Waals surface area contributed by atoms with Gasteiger partial charge < -0.3 is 21.1 Å². The van der Waals surface area contributed by atoms with Gasteiger partial charge in [-0.3, -0.25) is 9.59 Å². The summed E-state index contributed by atoms with van der Waals surface area (Å²) in [6.45, 7) is 0.142. The molecule has 2 aromatic carbocycles. The van der Waals surface area contributed by atoms with Crippen LogP contribution in [0, 0.1) is 0 Å². The maximum absolute atomic E-state index is 12.3. The molecule has 1 heterocycles. The Labute approximate surface area is 161 Å². The number of nitrogen functional groups attached to an aromatic ring is 1. The minimum absolute atomic E-state index is 0.0236. The lowest BCUT2D eigenvalue weighted by atomic mass is 10.2. The number of para-hydroxylation sites is 1. The largest absolute Gasteiger partial charge is 0.497 e. The molecule has 0 aliphatic rings. The van der Waals surface area contributed by atoms with Gasteiger partial charge in [-0.15, -0.1) is 5.10 Å². The number of rotatable bonds is 7. The van der Waals surface area contributed by atoms with Gasteiger partial charge >= 0.3 is 0 Å². The van der Waals surface area contributed by atoms with Crippen molar-refractivity contribution < 1.29 is 14.3 Å². The van der Waals surface area contributed by atoms with Crippen LogP contribution in [-0.2, 0) is 17.9 Å². The van der Waals surface area contributed by atoms with Crippen molar-refractivity contribution in [2.24, 2.45) is 0 Å². The van der Waals surface area contributed by atoms with E-state index in [4.69, 9.17) is 10.5 Å². The van der Waals surface area contributed by atoms with Crippen molar-refractivity contribution in [2.45, 2.75) is 13.1 Å². The second-order valence-corrected chi connectivity index (χ2v) is 5.93. The Morgan fingerprint density at radius 1 is 1.11 bits per heavy atom. The van der Waals surface area contributed by atoms with E-state index in [2.05, 4.69) is 20.9 Å². The fourth-order valence-electron chi connectivity index (χ4n) is 2.47. The van der Waals surface area contributed by atoms with Crippen molar-refractivity contribution in [3.05, 3.63) is 65.9 Å². The number of carbonyl (C=O) groups is 2. The first-order valence-corrected chi connectivity index (χ1v) is 8.52. The number of ether oxygens (including phenoxy) is 1. The summed E-state index contributed by atoms with van der Waals surface area (Å²) >= 11 is 0. The Hall–Kier alpha value is -3.88. The van der Waals surface area contributed by atoms with E-state index in [9.17, 15) is 9.59 Å². The Bertz CT molecular complexity index is 954. The molecule has 0 saturated heterocycles. The molecule has 0 bridgehead atoms. The summed E-state index contributed by atoms with van der Waals surface area (Å²) in [6.07, 6.45) is 0. The molecular formula is C19H20N6O3. The standard InChI is InChI=1S/C19H20N6O3/c1-28-15-9-7-13(8-10-15)11-21-19(27)17-18(20)25(24-23-17)12-16(26)22-14-5-3-2-4-6-14/h2-10H,11-12,20H2,1H3,(H,21,27)(H,22,26). The number of nitrogens with one attached hydrogen (secondary N) is 2. The normalized spacial score (nSPS) is 10.3. The van der Waals surface area contributed by atoms with Crippen molar-refractivity contribution in [3.8, 4) is 5.75 Å². The van der Waals surface area contributed by atoms with E-state index in [0.717, 1.165) is 11.3 Å². The van der Waals surface area contributed by atoms with Crippen LogP contribution in [0.3, 0.4) is 0 Å². The van der Waals surface area contributed by atoms with Gasteiger partial charge in [-0.1, -0.05) is 35.5 Å². The van der Waals surface area contributed by atoms with Gasteiger partial charge in [-0.2, -0.15) is 0 Å². The highest BCUT2D eigenvalue weighted by Gasteiger charge is 2.18. The summed E-state index contributed by atoms with van der Waals surface area (Å²) in [5.74, 6) is -0.0393. The maximum atomic E-state index is 12.3. The zero-order chi connectivity index (χ0) is 19.9. The van der Waals surface area contributed by atoms with Gasteiger partial charge in [0.2, 0.25) is 5.91 Å². The molecule has 0 aliphatic carbocycles. The number of methoxy groups -OCH3 is 1. The van der Waals surface area contributed by atoms with Crippen molar-refractivity contribution in [2.75, 3.05) is 18.2 Å². The van der Waals surface area contributed by atoms with Crippen molar-refractivity contribution in [1.82, 2.24) is 20.3 Å². The van der Waals surface area contributed by atoms with Crippen LogP contribution < -0.4 is 21.1 Å². The van der Waals surface area contributed by atoms with Crippen LogP contribution in [0.15, 0.2) is 54.6 Å². The minimum Gasteiger partial charge on any atom is -0.497 e. The highest BCUT2D eigenvalue weighted by molar-refractivity contribution is 5.96. The van der Waals surface area contributed by atoms with Crippen LogP contribution >= 0.6 is 0 Å². The highest BCUT2D eigenvalue weighted by atomic mass is 16.5. The van der Waals surface area contributed by atoms with Gasteiger partial charge in [0, 0.05) is 12.2 Å². The molecule has 0 fully saturated rings. The van der Waals surface area contributed by atoms with Crippen LogP contribution in [0.1, 0.15) is 16.1 Å². The SMILES string of the molecule is COc1ccc(CNC(=O)c2nnn(CC(=O)Nc3ccccc3)c2N)cc1. The van der Waals surface area contributed by atoms with E-state index in [1.807, 2.05) is 30.3 Å². The van der Waals surface area contributed by atoms with Crippen molar-refractivity contribution in [3.63, 3.8) is 0 Å². The van der Waals surface area contributed by atoms with Crippen LogP contribution in [0.25, 0.3) is 0 Å². The van der Waals surface area contributed by atoms with Gasteiger partial charge in [-0.25, -0.2) is 4.68 Å². The highest BCUT2D eigenvalue weighted by Crippen LogP contribution is 2.12. The minimum atomic E-state index is -0.469. The molecule has 0 atom stereocenters. The molecule has 0 unspecified atom stereocenters. The molecule has 0 aliphatic heterocycles. The number of benzene rings is 2. The summed E-state index contributed by atoms with van der Waals surface area (Å²) in [5, 5.41) is 13.0. The van der Waals surface area contributed by atoms with Crippen LogP contribution in [0.2, 0.25) is 0 Å². The molecule has 0 spiro atoms. The third-order valence-corrected chi connectivity index (χ3v) is 3.95. The second kappa shape index (κ2) is 8.67. The second-order valence-electron chi connectivity index (χ2n) is 5.93. The summed E-state index contributed by atoms with van der Waals surface area (Å²) in [4.78, 5) is 24.4. The first-order chi connectivity index (χ1) is 13.6. The van der Waals surface area contributed by atoms with Gasteiger partial charge in [0.25, 0.3) is 5.91 Å². The Morgan fingerprint density at radius 2 is 1.82 bits per heavy atom. The zero-order valence-corrected chi connectivity index (χ0v) is 15.3. The molecule has 0 radical (unpaired) electrons. The monoisotopic (exact) mass is 380 g/mol. The van der Waals surface area contributed by atoms with Crippen LogP contribution in [0.5, 0.6) is 5.75 Å².